The standard InChI is InChI=1S/C26H26ClF3N4O2/c1-16-7-24(36-15-22-21(30)8-19(29)12-31-22)20(27)14-34(16)23-9-25(32-11-17(23)10-28)33-6-4-5-18(13-33)26(2,3)35/h4-9,11-12,35H,10,13-15H2,1-3H3. The number of aromatic nitrogens is 2. The lowest BCUT2D eigenvalue weighted by Crippen LogP contribution is -2.33. The first-order valence-electron chi connectivity index (χ1n) is 11.3. The summed E-state index contributed by atoms with van der Waals surface area (Å²) >= 11 is 6.51. The zero-order chi connectivity index (χ0) is 26.0. The quantitative estimate of drug-likeness (QED) is 0.511. The molecule has 1 N–H and O–H groups in total. The molecule has 0 aromatic carbocycles. The maximum absolute atomic E-state index is 13.9. The Balaban J connectivity index is 1.55. The number of alkyl halides is 1. The van der Waals surface area contributed by atoms with Crippen LogP contribution in [0.3, 0.4) is 0 Å². The van der Waals surface area contributed by atoms with E-state index in [1.54, 1.807) is 26.0 Å². The minimum Gasteiger partial charge on any atom is -0.486 e. The highest BCUT2D eigenvalue weighted by atomic mass is 35.5. The number of hydrogen-bond acceptors (Lipinski definition) is 6. The van der Waals surface area contributed by atoms with Crippen LogP contribution in [0.4, 0.5) is 24.7 Å². The van der Waals surface area contributed by atoms with Crippen molar-refractivity contribution >= 4 is 23.1 Å². The molecule has 0 bridgehead atoms. The molecular weight excluding hydrogens is 493 g/mol. The van der Waals surface area contributed by atoms with Gasteiger partial charge < -0.3 is 19.6 Å². The number of hydrogen-bond donors (Lipinski definition) is 1. The van der Waals surface area contributed by atoms with Crippen LogP contribution in [0.15, 0.2) is 71.0 Å². The van der Waals surface area contributed by atoms with Crippen molar-refractivity contribution in [2.24, 2.45) is 0 Å². The van der Waals surface area contributed by atoms with E-state index in [0.29, 0.717) is 34.4 Å². The lowest BCUT2D eigenvalue weighted by molar-refractivity contribution is 0.118. The molecule has 10 heteroatoms. The van der Waals surface area contributed by atoms with Gasteiger partial charge in [-0.1, -0.05) is 17.7 Å². The number of nitrogens with zero attached hydrogens (tertiary/aromatic N) is 4. The Morgan fingerprint density at radius 1 is 1.17 bits per heavy atom. The lowest BCUT2D eigenvalue weighted by Gasteiger charge is -2.33. The van der Waals surface area contributed by atoms with E-state index in [4.69, 9.17) is 16.3 Å². The maximum Gasteiger partial charge on any atom is 0.151 e. The van der Waals surface area contributed by atoms with Gasteiger partial charge in [0, 0.05) is 48.4 Å². The molecule has 4 rings (SSSR count). The van der Waals surface area contributed by atoms with Crippen LogP contribution in [-0.2, 0) is 18.0 Å². The summed E-state index contributed by atoms with van der Waals surface area (Å²) < 4.78 is 46.6. The van der Waals surface area contributed by atoms with Crippen LogP contribution in [0, 0.1) is 11.6 Å². The first-order chi connectivity index (χ1) is 17.1. The summed E-state index contributed by atoms with van der Waals surface area (Å²) in [6, 6.07) is 2.51. The average molecular weight is 519 g/mol. The number of halogens is 4. The van der Waals surface area contributed by atoms with E-state index in [9.17, 15) is 18.3 Å². The molecule has 0 unspecified atom stereocenters. The molecule has 0 spiro atoms. The highest BCUT2D eigenvalue weighted by Crippen LogP contribution is 2.35. The van der Waals surface area contributed by atoms with Crippen LogP contribution in [0.5, 0.6) is 0 Å². The number of aliphatic hydroxyl groups is 1. The third-order valence-corrected chi connectivity index (χ3v) is 6.25. The Bertz CT molecular complexity index is 1280. The molecule has 6 nitrogen and oxygen atoms in total. The summed E-state index contributed by atoms with van der Waals surface area (Å²) in [5.74, 6) is -0.673. The fraction of sp³-hybridized carbons (Fsp3) is 0.308. The van der Waals surface area contributed by atoms with Crippen molar-refractivity contribution in [2.45, 2.75) is 39.7 Å². The Labute approximate surface area is 212 Å². The van der Waals surface area contributed by atoms with Crippen LogP contribution >= 0.6 is 11.6 Å². The van der Waals surface area contributed by atoms with Crippen LogP contribution < -0.4 is 9.80 Å². The molecule has 0 saturated heterocycles. The molecule has 190 valence electrons. The molecule has 2 aromatic rings. The van der Waals surface area contributed by atoms with Crippen molar-refractivity contribution in [1.29, 1.82) is 0 Å². The normalized spacial score (nSPS) is 16.3. The molecule has 0 aliphatic carbocycles. The summed E-state index contributed by atoms with van der Waals surface area (Å²) in [6.07, 6.45) is 9.61. The highest BCUT2D eigenvalue weighted by Gasteiger charge is 2.26. The van der Waals surface area contributed by atoms with E-state index in [0.717, 1.165) is 23.5 Å². The molecule has 4 heterocycles. The number of ether oxygens (including phenoxy) is 1. The van der Waals surface area contributed by atoms with Gasteiger partial charge in [0.25, 0.3) is 0 Å². The number of pyridine rings is 2. The van der Waals surface area contributed by atoms with Crippen molar-refractivity contribution in [3.63, 3.8) is 0 Å². The largest absolute Gasteiger partial charge is 0.486 e. The molecular formula is C26H26ClF3N4O2. The number of allylic oxidation sites excluding steroid dienone is 4. The minimum absolute atomic E-state index is 0.0468. The smallest absolute Gasteiger partial charge is 0.151 e. The molecule has 2 aliphatic rings. The maximum atomic E-state index is 13.9. The van der Waals surface area contributed by atoms with E-state index in [1.165, 1.54) is 6.20 Å². The molecule has 0 atom stereocenters. The third-order valence-electron chi connectivity index (χ3n) is 5.94. The van der Waals surface area contributed by atoms with Gasteiger partial charge in [0.2, 0.25) is 0 Å². The van der Waals surface area contributed by atoms with Crippen LogP contribution in [0.25, 0.3) is 0 Å². The predicted octanol–water partition coefficient (Wildman–Crippen LogP) is 5.65. The Morgan fingerprint density at radius 3 is 2.64 bits per heavy atom. The molecule has 0 saturated carbocycles. The van der Waals surface area contributed by atoms with Crippen molar-refractivity contribution in [3.8, 4) is 0 Å². The first kappa shape index (κ1) is 25.8. The van der Waals surface area contributed by atoms with Crippen LogP contribution in [0.1, 0.15) is 32.0 Å². The van der Waals surface area contributed by atoms with Crippen molar-refractivity contribution < 1.29 is 23.0 Å². The van der Waals surface area contributed by atoms with Gasteiger partial charge in [-0.15, -0.1) is 0 Å². The second-order valence-electron chi connectivity index (χ2n) is 9.04. The van der Waals surface area contributed by atoms with E-state index >= 15 is 0 Å². The second kappa shape index (κ2) is 10.4. The summed E-state index contributed by atoms with van der Waals surface area (Å²) in [6.45, 7) is 4.94. The molecule has 0 fully saturated rings. The van der Waals surface area contributed by atoms with E-state index < -0.39 is 23.9 Å². The molecule has 2 aliphatic heterocycles. The second-order valence-corrected chi connectivity index (χ2v) is 9.49. The fourth-order valence-corrected chi connectivity index (χ4v) is 4.09. The van der Waals surface area contributed by atoms with Gasteiger partial charge in [-0.2, -0.15) is 0 Å². The zero-order valence-corrected chi connectivity index (χ0v) is 20.9. The SMILES string of the molecule is CC1=CC(OCc2ncc(F)cc2F)=C(Cl)CN1c1cc(N2C=CC=C(C(C)(C)O)C2)ncc1CF. The molecule has 36 heavy (non-hydrogen) atoms. The van der Waals surface area contributed by atoms with Crippen molar-refractivity contribution in [1.82, 2.24) is 9.97 Å². The van der Waals surface area contributed by atoms with E-state index in [1.807, 2.05) is 35.1 Å². The Kier molecular flexibility index (Phi) is 7.42. The Hall–Kier alpha value is -3.30. The topological polar surface area (TPSA) is 61.7 Å². The van der Waals surface area contributed by atoms with Gasteiger partial charge in [0.1, 0.15) is 36.4 Å². The molecule has 0 radical (unpaired) electrons. The molecule has 0 amide bonds. The van der Waals surface area contributed by atoms with Gasteiger partial charge in [0.05, 0.1) is 29.1 Å². The Morgan fingerprint density at radius 2 is 1.94 bits per heavy atom. The zero-order valence-electron chi connectivity index (χ0n) is 20.1. The summed E-state index contributed by atoms with van der Waals surface area (Å²) in [7, 11) is 0. The molecule has 2 aromatic heterocycles. The van der Waals surface area contributed by atoms with Crippen LogP contribution in [0.2, 0.25) is 0 Å². The third kappa shape index (κ3) is 5.57. The van der Waals surface area contributed by atoms with Gasteiger partial charge in [-0.05, 0) is 32.4 Å². The number of anilines is 2. The van der Waals surface area contributed by atoms with Gasteiger partial charge in [0.15, 0.2) is 5.82 Å². The van der Waals surface area contributed by atoms with E-state index in [-0.39, 0.29) is 18.8 Å². The fourth-order valence-electron chi connectivity index (χ4n) is 3.86. The van der Waals surface area contributed by atoms with Crippen molar-refractivity contribution in [3.05, 3.63) is 93.9 Å². The average Bonchev–Trinajstić information content (AvgIpc) is 2.84. The summed E-state index contributed by atoms with van der Waals surface area (Å²) in [5.41, 5.74) is 1.48. The van der Waals surface area contributed by atoms with Gasteiger partial charge in [-0.25, -0.2) is 18.2 Å². The van der Waals surface area contributed by atoms with E-state index in [2.05, 4.69) is 9.97 Å². The monoisotopic (exact) mass is 518 g/mol. The predicted molar refractivity (Wildman–Crippen MR) is 133 cm³/mol. The minimum atomic E-state index is -0.988. The summed E-state index contributed by atoms with van der Waals surface area (Å²) in [5, 5.41) is 10.7. The highest BCUT2D eigenvalue weighted by molar-refractivity contribution is 6.30. The van der Waals surface area contributed by atoms with Gasteiger partial charge >= 0.3 is 0 Å². The number of rotatable bonds is 7. The van der Waals surface area contributed by atoms with Crippen LogP contribution in [-0.4, -0.2) is 33.8 Å². The van der Waals surface area contributed by atoms with Gasteiger partial charge in [-0.3, -0.25) is 4.98 Å². The lowest BCUT2D eigenvalue weighted by atomic mass is 9.96. The van der Waals surface area contributed by atoms with Crippen molar-refractivity contribution in [2.75, 3.05) is 22.9 Å². The first-order valence-corrected chi connectivity index (χ1v) is 11.6. The summed E-state index contributed by atoms with van der Waals surface area (Å²) in [4.78, 5) is 11.9.